The van der Waals surface area contributed by atoms with Gasteiger partial charge in [-0.3, -0.25) is 5.32 Å². The summed E-state index contributed by atoms with van der Waals surface area (Å²) in [5.41, 5.74) is 9.13. The molecule has 64 heavy (non-hydrogen) atoms. The van der Waals surface area contributed by atoms with Crippen molar-refractivity contribution < 1.29 is 47.5 Å². The average Bonchev–Trinajstić information content (AvgIpc) is 3.95. The van der Waals surface area contributed by atoms with Gasteiger partial charge in [-0.25, -0.2) is 19.6 Å². The van der Waals surface area contributed by atoms with Gasteiger partial charge in [-0.2, -0.15) is 0 Å². The first-order chi connectivity index (χ1) is 30.6. The average molecular weight is 885 g/mol. The maximum Gasteiger partial charge on any atom is 0.412 e. The summed E-state index contributed by atoms with van der Waals surface area (Å²) in [5, 5.41) is 6.05. The summed E-state index contributed by atoms with van der Waals surface area (Å²) in [4.78, 5) is 39.4. The Bertz CT molecular complexity index is 2280. The number of hydrogen-bond donors (Lipinski definition) is 3. The van der Waals surface area contributed by atoms with Crippen molar-refractivity contribution in [3.8, 4) is 34.8 Å². The normalized spacial score (nSPS) is 18.0. The SMILES string of the molecule is COc1ncc(N2CCOc3ccc(O[C@H]4CCN(C(=O)OC(C)(C)C)C4)cc32)cc1NC(=O)OC(C)(C)C.COc1ncc(N2CCOc3ccc(O[C@H]4CCNC4)cc32)cc1N. The van der Waals surface area contributed by atoms with Gasteiger partial charge in [0.1, 0.15) is 65.3 Å². The Labute approximate surface area is 374 Å². The number of ether oxygens (including phenoxy) is 8. The first-order valence-corrected chi connectivity index (χ1v) is 21.5. The number of anilines is 6. The quantitative estimate of drug-likeness (QED) is 0.151. The molecule has 8 rings (SSSR count). The number of nitrogen functional groups attached to an aromatic ring is 1. The van der Waals surface area contributed by atoms with Crippen LogP contribution in [-0.4, -0.2) is 117 Å². The van der Waals surface area contributed by atoms with Crippen molar-refractivity contribution in [3.63, 3.8) is 0 Å². The summed E-state index contributed by atoms with van der Waals surface area (Å²) in [6, 6.07) is 15.2. The lowest BCUT2D eigenvalue weighted by Gasteiger charge is -2.32. The number of methoxy groups -OCH3 is 2. The van der Waals surface area contributed by atoms with Crippen molar-refractivity contribution in [2.24, 2.45) is 0 Å². The Morgan fingerprint density at radius 1 is 0.750 bits per heavy atom. The van der Waals surface area contributed by atoms with Crippen LogP contribution in [-0.2, 0) is 9.47 Å². The number of benzene rings is 2. The molecule has 18 nitrogen and oxygen atoms in total. The number of hydrogen-bond acceptors (Lipinski definition) is 16. The molecule has 4 aliphatic rings. The number of rotatable bonds is 9. The molecular formula is C46H60N8O10. The molecule has 2 aromatic carbocycles. The maximum absolute atomic E-state index is 12.4. The van der Waals surface area contributed by atoms with Gasteiger partial charge in [0.05, 0.1) is 74.7 Å². The van der Waals surface area contributed by atoms with Crippen LogP contribution in [0.25, 0.3) is 0 Å². The number of pyridine rings is 2. The van der Waals surface area contributed by atoms with Crippen molar-refractivity contribution in [2.75, 3.05) is 87.6 Å². The van der Waals surface area contributed by atoms with E-state index in [2.05, 4.69) is 25.5 Å². The molecule has 0 bridgehead atoms. The lowest BCUT2D eigenvalue weighted by Crippen LogP contribution is -2.36. The van der Waals surface area contributed by atoms with E-state index in [-0.39, 0.29) is 24.2 Å². The molecule has 4 N–H and O–H groups in total. The van der Waals surface area contributed by atoms with Gasteiger partial charge in [0, 0.05) is 31.6 Å². The molecule has 0 unspecified atom stereocenters. The number of nitrogens with one attached hydrogen (secondary N) is 2. The molecule has 0 radical (unpaired) electrons. The van der Waals surface area contributed by atoms with Crippen LogP contribution >= 0.6 is 0 Å². The first-order valence-electron chi connectivity index (χ1n) is 21.5. The van der Waals surface area contributed by atoms with Crippen LogP contribution in [0.5, 0.6) is 34.8 Å². The molecule has 18 heteroatoms. The number of nitrogens with two attached hydrogens (primary N) is 1. The van der Waals surface area contributed by atoms with E-state index in [1.165, 1.54) is 7.11 Å². The summed E-state index contributed by atoms with van der Waals surface area (Å²) in [6.45, 7) is 16.2. The predicted molar refractivity (Wildman–Crippen MR) is 242 cm³/mol. The predicted octanol–water partition coefficient (Wildman–Crippen LogP) is 7.30. The Balaban J connectivity index is 0.000000210. The van der Waals surface area contributed by atoms with Crippen molar-refractivity contribution in [3.05, 3.63) is 60.9 Å². The highest BCUT2D eigenvalue weighted by atomic mass is 16.6. The molecule has 344 valence electrons. The van der Waals surface area contributed by atoms with Gasteiger partial charge in [-0.15, -0.1) is 0 Å². The maximum atomic E-state index is 12.4. The minimum atomic E-state index is -0.648. The number of aromatic nitrogens is 2. The van der Waals surface area contributed by atoms with Gasteiger partial charge in [-0.1, -0.05) is 0 Å². The standard InChI is InChI=1S/C28H38N4O7.C18H22N4O3/c1-27(2,3)38-25(33)30-21-14-18(16-29-24(21)35-7)32-12-13-36-23-9-8-19(15-22(23)32)37-20-10-11-31(17-20)26(34)39-28(4,5)6;1-23-18-15(19)8-12(10-21-18)22-6-7-24-17-3-2-13(9-16(17)22)25-14-4-5-20-11-14/h8-9,14-16,20H,10-13,17H2,1-7H3,(H,30,33);2-3,8-10,14,20H,4-7,11,19H2,1H3/t20-;14-/m00/s1. The summed E-state index contributed by atoms with van der Waals surface area (Å²) in [6.07, 6.45) is 4.30. The second kappa shape index (κ2) is 19.5. The number of carbonyl (C=O) groups excluding carboxylic acids is 2. The zero-order valence-electron chi connectivity index (χ0n) is 37.9. The third-order valence-corrected chi connectivity index (χ3v) is 10.4. The molecule has 0 spiro atoms. The van der Waals surface area contributed by atoms with E-state index in [0.717, 1.165) is 60.3 Å². The van der Waals surface area contributed by atoms with E-state index in [1.807, 2.05) is 68.1 Å². The van der Waals surface area contributed by atoms with E-state index < -0.39 is 17.3 Å². The topological polar surface area (TPSA) is 194 Å². The molecule has 0 saturated carbocycles. The summed E-state index contributed by atoms with van der Waals surface area (Å²) in [7, 11) is 3.05. The number of fused-ring (bicyclic) bond motifs is 2. The van der Waals surface area contributed by atoms with Gasteiger partial charge in [-0.05, 0) is 90.9 Å². The molecule has 2 amide bonds. The van der Waals surface area contributed by atoms with Crippen molar-refractivity contribution in [1.82, 2.24) is 20.2 Å². The van der Waals surface area contributed by atoms with Gasteiger partial charge in [0.2, 0.25) is 11.8 Å². The highest BCUT2D eigenvalue weighted by molar-refractivity contribution is 5.88. The van der Waals surface area contributed by atoms with Crippen LogP contribution in [0.1, 0.15) is 54.4 Å². The fraction of sp³-hybridized carbons (Fsp3) is 0.478. The number of carbonyl (C=O) groups is 2. The Hall–Kier alpha value is -6.56. The zero-order chi connectivity index (χ0) is 45.6. The Morgan fingerprint density at radius 2 is 1.33 bits per heavy atom. The van der Waals surface area contributed by atoms with E-state index in [4.69, 9.17) is 43.6 Å². The van der Waals surface area contributed by atoms with E-state index >= 15 is 0 Å². The summed E-state index contributed by atoms with van der Waals surface area (Å²) in [5.74, 6) is 3.74. The summed E-state index contributed by atoms with van der Waals surface area (Å²) < 4.78 is 45.4. The van der Waals surface area contributed by atoms with Crippen LogP contribution in [0.3, 0.4) is 0 Å². The van der Waals surface area contributed by atoms with Crippen molar-refractivity contribution >= 4 is 46.3 Å². The van der Waals surface area contributed by atoms with Gasteiger partial charge in [0.15, 0.2) is 0 Å². The first kappa shape index (κ1) is 45.5. The van der Waals surface area contributed by atoms with Gasteiger partial charge >= 0.3 is 12.2 Å². The van der Waals surface area contributed by atoms with E-state index in [0.29, 0.717) is 68.0 Å². The van der Waals surface area contributed by atoms with Crippen molar-refractivity contribution in [2.45, 2.75) is 77.8 Å². The number of amides is 2. The molecule has 4 aromatic rings. The minimum absolute atomic E-state index is 0.152. The minimum Gasteiger partial charge on any atom is -0.490 e. The van der Waals surface area contributed by atoms with Crippen LogP contribution in [0.15, 0.2) is 60.9 Å². The van der Waals surface area contributed by atoms with Crippen LogP contribution in [0, 0.1) is 0 Å². The largest absolute Gasteiger partial charge is 0.490 e. The molecule has 2 atom stereocenters. The molecule has 2 fully saturated rings. The smallest absolute Gasteiger partial charge is 0.412 e. The second-order valence-corrected chi connectivity index (χ2v) is 17.6. The zero-order valence-corrected chi connectivity index (χ0v) is 37.9. The van der Waals surface area contributed by atoms with Crippen LogP contribution < -0.4 is 54.6 Å². The van der Waals surface area contributed by atoms with E-state index in [1.54, 1.807) is 51.2 Å². The lowest BCUT2D eigenvalue weighted by molar-refractivity contribution is 0.0275. The molecule has 2 saturated heterocycles. The van der Waals surface area contributed by atoms with E-state index in [9.17, 15) is 9.59 Å². The molecule has 2 aromatic heterocycles. The van der Waals surface area contributed by atoms with Crippen LogP contribution in [0.4, 0.5) is 43.7 Å². The molecule has 6 heterocycles. The fourth-order valence-corrected chi connectivity index (χ4v) is 7.54. The third kappa shape index (κ3) is 11.5. The Morgan fingerprint density at radius 3 is 1.88 bits per heavy atom. The lowest BCUT2D eigenvalue weighted by atomic mass is 10.2. The number of nitrogens with zero attached hydrogens (tertiary/aromatic N) is 5. The summed E-state index contributed by atoms with van der Waals surface area (Å²) >= 11 is 0. The second-order valence-electron chi connectivity index (χ2n) is 17.6. The highest BCUT2D eigenvalue weighted by Gasteiger charge is 2.32. The third-order valence-electron chi connectivity index (χ3n) is 10.4. The number of likely N-dealkylation sites (tertiary alicyclic amines) is 1. The van der Waals surface area contributed by atoms with Crippen LogP contribution in [0.2, 0.25) is 0 Å². The van der Waals surface area contributed by atoms with Gasteiger partial charge in [0.25, 0.3) is 0 Å². The monoisotopic (exact) mass is 884 g/mol. The highest BCUT2D eigenvalue weighted by Crippen LogP contribution is 2.42. The molecule has 0 aliphatic carbocycles. The Kier molecular flexibility index (Phi) is 13.8. The molecule has 4 aliphatic heterocycles. The fourth-order valence-electron chi connectivity index (χ4n) is 7.54. The van der Waals surface area contributed by atoms with Gasteiger partial charge < -0.3 is 63.6 Å². The molecular weight excluding hydrogens is 825 g/mol. The van der Waals surface area contributed by atoms with Crippen molar-refractivity contribution in [1.29, 1.82) is 0 Å².